The Hall–Kier alpha value is -1.06. The second-order valence-corrected chi connectivity index (χ2v) is 4.50. The van der Waals surface area contributed by atoms with Gasteiger partial charge in [0.15, 0.2) is 0 Å². The Morgan fingerprint density at radius 3 is 2.25 bits per heavy atom. The van der Waals surface area contributed by atoms with Crippen LogP contribution in [0.1, 0.15) is 36.1 Å². The van der Waals surface area contributed by atoms with Gasteiger partial charge in [0, 0.05) is 17.6 Å². The molecular formula is C13H22N2O. The lowest BCUT2D eigenvalue weighted by Crippen LogP contribution is -2.23. The van der Waals surface area contributed by atoms with Crippen molar-refractivity contribution in [3.63, 3.8) is 0 Å². The molecule has 1 aromatic carbocycles. The summed E-state index contributed by atoms with van der Waals surface area (Å²) in [6, 6.07) is 4.17. The predicted molar refractivity (Wildman–Crippen MR) is 67.7 cm³/mol. The summed E-state index contributed by atoms with van der Waals surface area (Å²) in [7, 11) is 1.67. The van der Waals surface area contributed by atoms with Crippen molar-refractivity contribution in [1.82, 2.24) is 0 Å². The van der Waals surface area contributed by atoms with E-state index in [0.29, 0.717) is 0 Å². The van der Waals surface area contributed by atoms with E-state index in [0.717, 1.165) is 17.7 Å². The molecule has 0 heterocycles. The van der Waals surface area contributed by atoms with Crippen LogP contribution in [0.15, 0.2) is 12.1 Å². The van der Waals surface area contributed by atoms with Gasteiger partial charge in [-0.3, -0.25) is 0 Å². The van der Waals surface area contributed by atoms with Crippen LogP contribution in [-0.2, 0) is 0 Å². The van der Waals surface area contributed by atoms with Crippen molar-refractivity contribution in [1.29, 1.82) is 0 Å². The lowest BCUT2D eigenvalue weighted by molar-refractivity contribution is 0.402. The highest BCUT2D eigenvalue weighted by Crippen LogP contribution is 2.29. The molecule has 0 aliphatic heterocycles. The monoisotopic (exact) mass is 222 g/mol. The minimum Gasteiger partial charge on any atom is -0.496 e. The summed E-state index contributed by atoms with van der Waals surface area (Å²) in [5, 5.41) is 0. The highest BCUT2D eigenvalue weighted by Gasteiger charge is 2.14. The van der Waals surface area contributed by atoms with E-state index in [2.05, 4.69) is 19.9 Å². The fraction of sp³-hybridized carbons (Fsp3) is 0.538. The van der Waals surface area contributed by atoms with Crippen molar-refractivity contribution in [2.24, 2.45) is 11.5 Å². The minimum atomic E-state index is -0.0609. The number of methoxy groups -OCH3 is 1. The van der Waals surface area contributed by atoms with Crippen LogP contribution in [0.4, 0.5) is 0 Å². The van der Waals surface area contributed by atoms with Crippen LogP contribution in [0.2, 0.25) is 0 Å². The molecule has 4 N–H and O–H groups in total. The molecule has 0 amide bonds. The molecule has 3 heteroatoms. The summed E-state index contributed by atoms with van der Waals surface area (Å²) in [4.78, 5) is 0. The largest absolute Gasteiger partial charge is 0.496 e. The standard InChI is InChI=1S/C13H22N2O/c1-8-5-11(12(15)7-10(3)14)13(16-4)6-9(8)2/h5-6,10,12H,7,14-15H2,1-4H3. The molecule has 0 aliphatic rings. The third kappa shape index (κ3) is 2.97. The molecule has 0 aliphatic carbocycles. The average Bonchev–Trinajstić information content (AvgIpc) is 2.20. The van der Waals surface area contributed by atoms with Gasteiger partial charge in [-0.15, -0.1) is 0 Å². The summed E-state index contributed by atoms with van der Waals surface area (Å²) in [6.07, 6.45) is 0.763. The van der Waals surface area contributed by atoms with E-state index in [1.165, 1.54) is 11.1 Å². The fourth-order valence-electron chi connectivity index (χ4n) is 1.81. The third-order valence-electron chi connectivity index (χ3n) is 2.87. The highest BCUT2D eigenvalue weighted by atomic mass is 16.5. The van der Waals surface area contributed by atoms with E-state index in [1.807, 2.05) is 13.0 Å². The molecule has 1 rings (SSSR count). The van der Waals surface area contributed by atoms with Gasteiger partial charge in [0.1, 0.15) is 5.75 Å². The van der Waals surface area contributed by atoms with Gasteiger partial charge in [-0.2, -0.15) is 0 Å². The number of nitrogens with two attached hydrogens (primary N) is 2. The van der Waals surface area contributed by atoms with Crippen LogP contribution >= 0.6 is 0 Å². The first-order valence-corrected chi connectivity index (χ1v) is 5.62. The first-order valence-electron chi connectivity index (χ1n) is 5.62. The average molecular weight is 222 g/mol. The van der Waals surface area contributed by atoms with Gasteiger partial charge < -0.3 is 16.2 Å². The summed E-state index contributed by atoms with van der Waals surface area (Å²) < 4.78 is 5.36. The molecule has 1 aromatic rings. The third-order valence-corrected chi connectivity index (χ3v) is 2.87. The van der Waals surface area contributed by atoms with Crippen LogP contribution in [0.25, 0.3) is 0 Å². The van der Waals surface area contributed by atoms with Crippen LogP contribution < -0.4 is 16.2 Å². The quantitative estimate of drug-likeness (QED) is 0.819. The van der Waals surface area contributed by atoms with E-state index < -0.39 is 0 Å². The molecule has 0 spiro atoms. The summed E-state index contributed by atoms with van der Waals surface area (Å²) >= 11 is 0. The van der Waals surface area contributed by atoms with Crippen LogP contribution in [0.3, 0.4) is 0 Å². The van der Waals surface area contributed by atoms with Gasteiger partial charge in [0.2, 0.25) is 0 Å². The molecule has 0 saturated carbocycles. The molecule has 2 atom stereocenters. The first kappa shape index (κ1) is 13.0. The van der Waals surface area contributed by atoms with Crippen molar-refractivity contribution >= 4 is 0 Å². The number of aryl methyl sites for hydroxylation is 2. The van der Waals surface area contributed by atoms with Crippen LogP contribution in [0, 0.1) is 13.8 Å². The molecule has 16 heavy (non-hydrogen) atoms. The maximum Gasteiger partial charge on any atom is 0.123 e. The summed E-state index contributed by atoms with van der Waals surface area (Å²) in [6.45, 7) is 6.11. The Balaban J connectivity index is 3.06. The van der Waals surface area contributed by atoms with Gasteiger partial charge in [0.25, 0.3) is 0 Å². The minimum absolute atomic E-state index is 0.0609. The molecule has 3 nitrogen and oxygen atoms in total. The second-order valence-electron chi connectivity index (χ2n) is 4.50. The highest BCUT2D eigenvalue weighted by molar-refractivity contribution is 5.43. The Labute approximate surface area is 97.8 Å². The van der Waals surface area contributed by atoms with E-state index in [4.69, 9.17) is 16.2 Å². The van der Waals surface area contributed by atoms with E-state index in [9.17, 15) is 0 Å². The van der Waals surface area contributed by atoms with Crippen molar-refractivity contribution < 1.29 is 4.74 Å². The summed E-state index contributed by atoms with van der Waals surface area (Å²) in [5.74, 6) is 0.858. The zero-order valence-corrected chi connectivity index (χ0v) is 10.6. The Morgan fingerprint density at radius 2 is 1.75 bits per heavy atom. The maximum atomic E-state index is 6.13. The lowest BCUT2D eigenvalue weighted by Gasteiger charge is -2.19. The zero-order chi connectivity index (χ0) is 12.3. The molecule has 0 aromatic heterocycles. The topological polar surface area (TPSA) is 61.3 Å². The Kier molecular flexibility index (Phi) is 4.33. The molecular weight excluding hydrogens is 200 g/mol. The smallest absolute Gasteiger partial charge is 0.123 e. The van der Waals surface area contributed by atoms with Crippen LogP contribution in [-0.4, -0.2) is 13.2 Å². The van der Waals surface area contributed by atoms with Crippen molar-refractivity contribution in [2.75, 3.05) is 7.11 Å². The predicted octanol–water partition coefficient (Wildman–Crippen LogP) is 2.05. The number of benzene rings is 1. The van der Waals surface area contributed by atoms with Gasteiger partial charge in [0.05, 0.1) is 7.11 Å². The normalized spacial score (nSPS) is 14.6. The number of hydrogen-bond donors (Lipinski definition) is 2. The van der Waals surface area contributed by atoms with E-state index in [1.54, 1.807) is 7.11 Å². The van der Waals surface area contributed by atoms with Crippen molar-refractivity contribution in [3.8, 4) is 5.75 Å². The second kappa shape index (κ2) is 5.32. The zero-order valence-electron chi connectivity index (χ0n) is 10.6. The molecule has 2 unspecified atom stereocenters. The summed E-state index contributed by atoms with van der Waals surface area (Å²) in [5.41, 5.74) is 15.4. The number of rotatable bonds is 4. The molecule has 90 valence electrons. The number of ether oxygens (including phenoxy) is 1. The Bertz CT molecular complexity index is 361. The fourth-order valence-corrected chi connectivity index (χ4v) is 1.81. The SMILES string of the molecule is COc1cc(C)c(C)cc1C(N)CC(C)N. The van der Waals surface area contributed by atoms with E-state index in [-0.39, 0.29) is 12.1 Å². The van der Waals surface area contributed by atoms with Gasteiger partial charge in [-0.1, -0.05) is 6.07 Å². The van der Waals surface area contributed by atoms with Crippen molar-refractivity contribution in [2.45, 2.75) is 39.3 Å². The molecule has 0 radical (unpaired) electrons. The van der Waals surface area contributed by atoms with Crippen LogP contribution in [0.5, 0.6) is 5.75 Å². The van der Waals surface area contributed by atoms with Gasteiger partial charge >= 0.3 is 0 Å². The molecule has 0 saturated heterocycles. The number of hydrogen-bond acceptors (Lipinski definition) is 3. The molecule has 0 fully saturated rings. The van der Waals surface area contributed by atoms with Gasteiger partial charge in [-0.05, 0) is 44.4 Å². The van der Waals surface area contributed by atoms with E-state index >= 15 is 0 Å². The lowest BCUT2D eigenvalue weighted by atomic mass is 9.96. The first-order chi connectivity index (χ1) is 7.45. The van der Waals surface area contributed by atoms with Crippen molar-refractivity contribution in [3.05, 3.63) is 28.8 Å². The molecule has 0 bridgehead atoms. The van der Waals surface area contributed by atoms with Gasteiger partial charge in [-0.25, -0.2) is 0 Å². The maximum absolute atomic E-state index is 6.13. The Morgan fingerprint density at radius 1 is 1.19 bits per heavy atom.